The van der Waals surface area contributed by atoms with E-state index in [9.17, 15) is 13.6 Å². The number of hydrogen-bond acceptors (Lipinski definition) is 7. The lowest BCUT2D eigenvalue weighted by Gasteiger charge is -2.22. The molecule has 0 aliphatic heterocycles. The molecule has 0 aliphatic carbocycles. The minimum Gasteiger partial charge on any atom is -0.373 e. The molecule has 1 amide bonds. The molecule has 0 bridgehead atoms. The predicted octanol–water partition coefficient (Wildman–Crippen LogP) is 4.28. The Bertz CT molecular complexity index is 1190. The van der Waals surface area contributed by atoms with Crippen molar-refractivity contribution >= 4 is 23.2 Å². The summed E-state index contributed by atoms with van der Waals surface area (Å²) in [6, 6.07) is 5.00. The second-order valence-electron chi connectivity index (χ2n) is 8.28. The SMILES string of the molecule is COC(C)(C)c1cc(-c2cnc(NC(C)=O)cc2Nc2cc(C)nc(C(C)(F)F)n2)nn1C. The number of rotatable bonds is 7. The number of carbonyl (C=O) groups is 1. The van der Waals surface area contributed by atoms with E-state index in [-0.39, 0.29) is 17.5 Å². The summed E-state index contributed by atoms with van der Waals surface area (Å²) in [7, 11) is 3.41. The molecule has 176 valence electrons. The van der Waals surface area contributed by atoms with E-state index >= 15 is 0 Å². The highest BCUT2D eigenvalue weighted by Gasteiger charge is 2.29. The molecule has 3 heterocycles. The largest absolute Gasteiger partial charge is 0.373 e. The van der Waals surface area contributed by atoms with E-state index in [1.807, 2.05) is 19.9 Å². The Morgan fingerprint density at radius 3 is 2.42 bits per heavy atom. The Hall–Kier alpha value is -3.47. The average Bonchev–Trinajstić information content (AvgIpc) is 3.09. The van der Waals surface area contributed by atoms with Gasteiger partial charge in [0, 0.05) is 57.6 Å². The number of methoxy groups -OCH3 is 1. The first kappa shape index (κ1) is 24.2. The van der Waals surface area contributed by atoms with Crippen LogP contribution in [0.2, 0.25) is 0 Å². The summed E-state index contributed by atoms with van der Waals surface area (Å²) in [5.41, 5.74) is 2.24. The fourth-order valence-electron chi connectivity index (χ4n) is 3.25. The number of nitrogens with one attached hydrogen (secondary N) is 2. The molecule has 9 nitrogen and oxygen atoms in total. The first-order valence-corrected chi connectivity index (χ1v) is 10.2. The molecule has 0 saturated heterocycles. The Morgan fingerprint density at radius 1 is 1.12 bits per heavy atom. The predicted molar refractivity (Wildman–Crippen MR) is 120 cm³/mol. The van der Waals surface area contributed by atoms with Gasteiger partial charge in [0.1, 0.15) is 17.2 Å². The summed E-state index contributed by atoms with van der Waals surface area (Å²) in [6.07, 6.45) is 1.54. The van der Waals surface area contributed by atoms with Crippen LogP contribution in [0.1, 0.15) is 44.9 Å². The Labute approximate surface area is 190 Å². The molecule has 3 aromatic heterocycles. The van der Waals surface area contributed by atoms with Gasteiger partial charge in [0.2, 0.25) is 11.7 Å². The third-order valence-electron chi connectivity index (χ3n) is 5.00. The maximum absolute atomic E-state index is 13.9. The van der Waals surface area contributed by atoms with Crippen molar-refractivity contribution in [2.24, 2.45) is 7.05 Å². The molecule has 3 rings (SSSR count). The van der Waals surface area contributed by atoms with Gasteiger partial charge >= 0.3 is 5.92 Å². The number of halogens is 2. The molecule has 0 saturated carbocycles. The fourth-order valence-corrected chi connectivity index (χ4v) is 3.25. The Morgan fingerprint density at radius 2 is 1.82 bits per heavy atom. The van der Waals surface area contributed by atoms with Crippen LogP contribution in [0.4, 0.5) is 26.1 Å². The second-order valence-corrected chi connectivity index (χ2v) is 8.28. The van der Waals surface area contributed by atoms with E-state index in [2.05, 4.69) is 30.7 Å². The van der Waals surface area contributed by atoms with Crippen molar-refractivity contribution < 1.29 is 18.3 Å². The van der Waals surface area contributed by atoms with Crippen LogP contribution >= 0.6 is 0 Å². The van der Waals surface area contributed by atoms with Crippen LogP contribution in [0.5, 0.6) is 0 Å². The van der Waals surface area contributed by atoms with Gasteiger partial charge in [0.05, 0.1) is 17.1 Å². The van der Waals surface area contributed by atoms with Crippen LogP contribution in [0.25, 0.3) is 11.3 Å². The molecule has 2 N–H and O–H groups in total. The van der Waals surface area contributed by atoms with E-state index in [0.29, 0.717) is 22.6 Å². The van der Waals surface area contributed by atoms with E-state index in [1.165, 1.54) is 6.92 Å². The molecular weight excluding hydrogens is 432 g/mol. The van der Waals surface area contributed by atoms with E-state index in [4.69, 9.17) is 4.74 Å². The van der Waals surface area contributed by atoms with Gasteiger partial charge < -0.3 is 15.4 Å². The van der Waals surface area contributed by atoms with Gasteiger partial charge in [0.25, 0.3) is 0 Å². The van der Waals surface area contributed by atoms with Crippen LogP contribution in [0, 0.1) is 6.92 Å². The molecule has 3 aromatic rings. The molecule has 0 unspecified atom stereocenters. The van der Waals surface area contributed by atoms with Crippen molar-refractivity contribution in [1.29, 1.82) is 0 Å². The standard InChI is InChI=1S/C22H27F2N7O2/c1-12-8-19(29-20(26-12)22(5,23)24)28-15-10-18(27-13(2)32)25-11-14(15)16-9-17(31(6)30-16)21(3,4)33-7/h8-11H,1-7H3,(H2,25,26,27,28,29,32). The lowest BCUT2D eigenvalue weighted by molar-refractivity contribution is -0.114. The molecule has 0 aliphatic rings. The van der Waals surface area contributed by atoms with Crippen LogP contribution in [0.3, 0.4) is 0 Å². The minimum atomic E-state index is -3.20. The highest BCUT2D eigenvalue weighted by atomic mass is 19.3. The number of ether oxygens (including phenoxy) is 1. The van der Waals surface area contributed by atoms with Gasteiger partial charge in [-0.15, -0.1) is 0 Å². The summed E-state index contributed by atoms with van der Waals surface area (Å²) < 4.78 is 35.0. The molecule has 0 atom stereocenters. The van der Waals surface area contributed by atoms with E-state index in [1.54, 1.807) is 44.1 Å². The van der Waals surface area contributed by atoms with Crippen LogP contribution in [0.15, 0.2) is 24.4 Å². The van der Waals surface area contributed by atoms with Gasteiger partial charge in [0.15, 0.2) is 0 Å². The number of alkyl halides is 2. The summed E-state index contributed by atoms with van der Waals surface area (Å²) >= 11 is 0. The topological polar surface area (TPSA) is 107 Å². The molecular formula is C22H27F2N7O2. The lowest BCUT2D eigenvalue weighted by atomic mass is 10.0. The zero-order valence-corrected chi connectivity index (χ0v) is 19.6. The Balaban J connectivity index is 2.12. The third kappa shape index (κ3) is 5.48. The summed E-state index contributed by atoms with van der Waals surface area (Å²) in [5.74, 6) is -3.63. The summed E-state index contributed by atoms with van der Waals surface area (Å²) in [4.78, 5) is 23.6. The smallest absolute Gasteiger partial charge is 0.303 e. The van der Waals surface area contributed by atoms with Crippen LogP contribution in [-0.2, 0) is 28.1 Å². The number of anilines is 3. The normalized spacial score (nSPS) is 12.0. The highest BCUT2D eigenvalue weighted by Crippen LogP contribution is 2.34. The summed E-state index contributed by atoms with van der Waals surface area (Å²) in [5, 5.41) is 10.3. The average molecular weight is 460 g/mol. The quantitative estimate of drug-likeness (QED) is 0.543. The number of aromatic nitrogens is 5. The molecule has 0 aromatic carbocycles. The number of amides is 1. The molecule has 0 radical (unpaired) electrons. The van der Waals surface area contributed by atoms with Crippen molar-refractivity contribution in [1.82, 2.24) is 24.7 Å². The zero-order chi connectivity index (χ0) is 24.6. The van der Waals surface area contributed by atoms with Crippen molar-refractivity contribution in [2.45, 2.75) is 46.1 Å². The van der Waals surface area contributed by atoms with Gasteiger partial charge in [-0.2, -0.15) is 13.9 Å². The number of nitrogens with zero attached hydrogens (tertiary/aromatic N) is 5. The minimum absolute atomic E-state index is 0.175. The number of aryl methyl sites for hydroxylation is 2. The molecule has 11 heteroatoms. The molecule has 0 spiro atoms. The van der Waals surface area contributed by atoms with Crippen molar-refractivity contribution in [3.8, 4) is 11.3 Å². The van der Waals surface area contributed by atoms with Crippen molar-refractivity contribution in [2.75, 3.05) is 17.7 Å². The van der Waals surface area contributed by atoms with Crippen LogP contribution < -0.4 is 10.6 Å². The number of carbonyl (C=O) groups excluding carboxylic acids is 1. The second kappa shape index (κ2) is 8.81. The van der Waals surface area contributed by atoms with Gasteiger partial charge in [-0.3, -0.25) is 9.48 Å². The number of pyridine rings is 1. The summed E-state index contributed by atoms with van der Waals surface area (Å²) in [6.45, 7) is 7.55. The van der Waals surface area contributed by atoms with E-state index < -0.39 is 17.3 Å². The first-order valence-electron chi connectivity index (χ1n) is 10.2. The van der Waals surface area contributed by atoms with Crippen molar-refractivity contribution in [3.05, 3.63) is 41.6 Å². The van der Waals surface area contributed by atoms with Crippen molar-refractivity contribution in [3.63, 3.8) is 0 Å². The van der Waals surface area contributed by atoms with Gasteiger partial charge in [-0.05, 0) is 26.8 Å². The zero-order valence-electron chi connectivity index (χ0n) is 19.6. The third-order valence-corrected chi connectivity index (χ3v) is 5.00. The molecule has 33 heavy (non-hydrogen) atoms. The highest BCUT2D eigenvalue weighted by molar-refractivity contribution is 5.89. The maximum atomic E-state index is 13.9. The monoisotopic (exact) mass is 459 g/mol. The molecule has 0 fully saturated rings. The lowest BCUT2D eigenvalue weighted by Crippen LogP contribution is -2.22. The van der Waals surface area contributed by atoms with Gasteiger partial charge in [-0.1, -0.05) is 0 Å². The Kier molecular flexibility index (Phi) is 6.46. The number of hydrogen-bond donors (Lipinski definition) is 2. The van der Waals surface area contributed by atoms with Crippen LogP contribution in [-0.4, -0.2) is 37.7 Å². The van der Waals surface area contributed by atoms with E-state index in [0.717, 1.165) is 12.6 Å². The van der Waals surface area contributed by atoms with Gasteiger partial charge in [-0.25, -0.2) is 15.0 Å². The first-order chi connectivity index (χ1) is 15.3. The maximum Gasteiger partial charge on any atom is 0.303 e. The fraction of sp³-hybridized carbons (Fsp3) is 0.409.